The number of hydrogen-bond donors (Lipinski definition) is 0. The van der Waals surface area contributed by atoms with Crippen LogP contribution in [0.25, 0.3) is 0 Å². The molecule has 2 fully saturated rings. The Balaban J connectivity index is 2.29. The van der Waals surface area contributed by atoms with Crippen molar-refractivity contribution in [3.63, 3.8) is 0 Å². The molecule has 2 aliphatic rings. The number of esters is 4. The van der Waals surface area contributed by atoms with Gasteiger partial charge in [0.05, 0.1) is 24.7 Å². The minimum Gasteiger partial charge on any atom is -0.393 e. The molecule has 6 nitrogen and oxygen atoms in total. The molecule has 0 radical (unpaired) electrons. The van der Waals surface area contributed by atoms with E-state index in [1.54, 1.807) is 0 Å². The summed E-state index contributed by atoms with van der Waals surface area (Å²) in [7, 11) is 0. The number of carbonyl (C=O) groups excluding carboxylic acids is 4. The third-order valence-electron chi connectivity index (χ3n) is 5.04. The Kier molecular flexibility index (Phi) is 5.45. The van der Waals surface area contributed by atoms with Crippen LogP contribution in [0.2, 0.25) is 0 Å². The van der Waals surface area contributed by atoms with Gasteiger partial charge in [-0.2, -0.15) is 0 Å². The fourth-order valence-electron chi connectivity index (χ4n) is 4.73. The Hall–Kier alpha value is -1.98. The second-order valence-electron chi connectivity index (χ2n) is 9.36. The SMILES string of the molecule is C=C(CC1CC(=O)OC1=O)C(C1CC(=O)OC1=O)C(C)(C)CC(C)(C)C. The fourth-order valence-corrected chi connectivity index (χ4v) is 4.73. The molecule has 2 heterocycles. The monoisotopic (exact) mass is 364 g/mol. The van der Waals surface area contributed by atoms with Gasteiger partial charge in [-0.05, 0) is 29.6 Å². The van der Waals surface area contributed by atoms with E-state index in [-0.39, 0.29) is 36.0 Å². The molecule has 26 heavy (non-hydrogen) atoms. The summed E-state index contributed by atoms with van der Waals surface area (Å²) in [6, 6.07) is 0. The molecule has 3 atom stereocenters. The summed E-state index contributed by atoms with van der Waals surface area (Å²) in [4.78, 5) is 47.1. The van der Waals surface area contributed by atoms with Crippen LogP contribution in [-0.4, -0.2) is 23.9 Å². The quantitative estimate of drug-likeness (QED) is 0.409. The van der Waals surface area contributed by atoms with Gasteiger partial charge < -0.3 is 9.47 Å². The second-order valence-corrected chi connectivity index (χ2v) is 9.36. The highest BCUT2D eigenvalue weighted by Crippen LogP contribution is 2.49. The van der Waals surface area contributed by atoms with Crippen LogP contribution in [0.15, 0.2) is 12.2 Å². The summed E-state index contributed by atoms with van der Waals surface area (Å²) in [5.41, 5.74) is 0.333. The van der Waals surface area contributed by atoms with E-state index in [4.69, 9.17) is 4.74 Å². The largest absolute Gasteiger partial charge is 0.393 e. The van der Waals surface area contributed by atoms with Crippen molar-refractivity contribution in [3.8, 4) is 0 Å². The summed E-state index contributed by atoms with van der Waals surface area (Å²) in [6.07, 6.45) is 1.10. The van der Waals surface area contributed by atoms with Gasteiger partial charge in [0.15, 0.2) is 0 Å². The topological polar surface area (TPSA) is 86.7 Å². The minimum absolute atomic E-state index is 0.00317. The number of rotatable bonds is 6. The van der Waals surface area contributed by atoms with Crippen LogP contribution < -0.4 is 0 Å². The van der Waals surface area contributed by atoms with Crippen molar-refractivity contribution >= 4 is 23.9 Å². The maximum absolute atomic E-state index is 12.3. The normalized spacial score (nSPS) is 25.3. The first kappa shape index (κ1) is 20.3. The molecule has 0 spiro atoms. The van der Waals surface area contributed by atoms with Crippen molar-refractivity contribution in [2.24, 2.45) is 28.6 Å². The van der Waals surface area contributed by atoms with Crippen LogP contribution in [0.3, 0.4) is 0 Å². The summed E-state index contributed by atoms with van der Waals surface area (Å²) in [6.45, 7) is 14.6. The molecule has 2 rings (SSSR count). The Morgan fingerprint density at radius 3 is 1.96 bits per heavy atom. The number of ether oxygens (including phenoxy) is 2. The molecule has 144 valence electrons. The standard InChI is InChI=1S/C20H28O6/c1-11(7-12-8-14(21)25-17(12)23)16(13-9-15(22)26-18(13)24)20(5,6)10-19(2,3)4/h12-13,16H,1,7-10H2,2-6H3. The van der Waals surface area contributed by atoms with Gasteiger partial charge in [-0.25, -0.2) is 0 Å². The third-order valence-corrected chi connectivity index (χ3v) is 5.04. The zero-order valence-corrected chi connectivity index (χ0v) is 16.2. The van der Waals surface area contributed by atoms with E-state index in [2.05, 4.69) is 32.1 Å². The third kappa shape index (κ3) is 4.59. The Morgan fingerprint density at radius 1 is 1.00 bits per heavy atom. The summed E-state index contributed by atoms with van der Waals surface area (Å²) < 4.78 is 9.39. The van der Waals surface area contributed by atoms with Crippen LogP contribution in [0.1, 0.15) is 60.3 Å². The Bertz CT molecular complexity index is 652. The highest BCUT2D eigenvalue weighted by atomic mass is 16.6. The van der Waals surface area contributed by atoms with Crippen LogP contribution in [0.4, 0.5) is 0 Å². The maximum Gasteiger partial charge on any atom is 0.317 e. The molecule has 3 unspecified atom stereocenters. The summed E-state index contributed by atoms with van der Waals surface area (Å²) >= 11 is 0. The molecular weight excluding hydrogens is 336 g/mol. The zero-order chi connectivity index (χ0) is 19.9. The van der Waals surface area contributed by atoms with Crippen molar-refractivity contribution < 1.29 is 28.7 Å². The van der Waals surface area contributed by atoms with Crippen LogP contribution in [0.5, 0.6) is 0 Å². The van der Waals surface area contributed by atoms with E-state index < -0.39 is 35.7 Å². The van der Waals surface area contributed by atoms with Crippen LogP contribution in [0, 0.1) is 28.6 Å². The average Bonchev–Trinajstić information content (AvgIpc) is 2.88. The molecule has 0 aromatic heterocycles. The molecule has 0 aromatic rings. The Morgan fingerprint density at radius 2 is 1.54 bits per heavy atom. The predicted octanol–water partition coefficient (Wildman–Crippen LogP) is 3.19. The van der Waals surface area contributed by atoms with Gasteiger partial charge in [0.1, 0.15) is 0 Å². The summed E-state index contributed by atoms with van der Waals surface area (Å²) in [5, 5.41) is 0. The number of allylic oxidation sites excluding steroid dienone is 1. The van der Waals surface area contributed by atoms with Crippen molar-refractivity contribution in [2.45, 2.75) is 60.3 Å². The minimum atomic E-state index is -0.611. The molecule has 0 aromatic carbocycles. The number of carbonyl (C=O) groups is 4. The van der Waals surface area contributed by atoms with Gasteiger partial charge in [0.25, 0.3) is 0 Å². The average molecular weight is 364 g/mol. The maximum atomic E-state index is 12.3. The first-order valence-electron chi connectivity index (χ1n) is 8.97. The van der Waals surface area contributed by atoms with Gasteiger partial charge in [-0.15, -0.1) is 0 Å². The van der Waals surface area contributed by atoms with Gasteiger partial charge in [0, 0.05) is 0 Å². The highest BCUT2D eigenvalue weighted by molar-refractivity contribution is 5.95. The Labute approximate surface area is 154 Å². The van der Waals surface area contributed by atoms with Gasteiger partial charge in [-0.3, -0.25) is 19.2 Å². The van der Waals surface area contributed by atoms with Gasteiger partial charge >= 0.3 is 23.9 Å². The lowest BCUT2D eigenvalue weighted by atomic mass is 9.61. The zero-order valence-electron chi connectivity index (χ0n) is 16.2. The summed E-state index contributed by atoms with van der Waals surface area (Å²) in [5.74, 6) is -3.66. The fraction of sp³-hybridized carbons (Fsp3) is 0.700. The molecule has 6 heteroatoms. The van der Waals surface area contributed by atoms with Gasteiger partial charge in [-0.1, -0.05) is 46.8 Å². The van der Waals surface area contributed by atoms with E-state index >= 15 is 0 Å². The van der Waals surface area contributed by atoms with Crippen molar-refractivity contribution in [1.29, 1.82) is 0 Å². The highest BCUT2D eigenvalue weighted by Gasteiger charge is 2.48. The van der Waals surface area contributed by atoms with E-state index in [1.807, 2.05) is 13.8 Å². The van der Waals surface area contributed by atoms with Crippen LogP contribution in [-0.2, 0) is 28.7 Å². The van der Waals surface area contributed by atoms with Crippen molar-refractivity contribution in [1.82, 2.24) is 0 Å². The van der Waals surface area contributed by atoms with Crippen molar-refractivity contribution in [3.05, 3.63) is 12.2 Å². The number of hydrogen-bond acceptors (Lipinski definition) is 6. The van der Waals surface area contributed by atoms with E-state index in [0.29, 0.717) is 5.57 Å². The lowest BCUT2D eigenvalue weighted by Crippen LogP contribution is -2.37. The van der Waals surface area contributed by atoms with Crippen molar-refractivity contribution in [2.75, 3.05) is 0 Å². The molecule has 0 N–H and O–H groups in total. The van der Waals surface area contributed by atoms with Gasteiger partial charge in [0.2, 0.25) is 0 Å². The molecule has 2 saturated heterocycles. The van der Waals surface area contributed by atoms with E-state index in [0.717, 1.165) is 6.42 Å². The second kappa shape index (κ2) is 6.97. The molecular formula is C20H28O6. The lowest BCUT2D eigenvalue weighted by Gasteiger charge is -2.42. The first-order chi connectivity index (χ1) is 11.8. The van der Waals surface area contributed by atoms with E-state index in [9.17, 15) is 19.2 Å². The molecule has 0 bridgehead atoms. The smallest absolute Gasteiger partial charge is 0.317 e. The molecule has 0 saturated carbocycles. The van der Waals surface area contributed by atoms with E-state index in [1.165, 1.54) is 0 Å². The molecule has 0 aliphatic carbocycles. The molecule has 0 amide bonds. The molecule has 2 aliphatic heterocycles. The predicted molar refractivity (Wildman–Crippen MR) is 93.5 cm³/mol. The number of cyclic esters (lactones) is 4. The first-order valence-corrected chi connectivity index (χ1v) is 8.97. The van der Waals surface area contributed by atoms with Crippen LogP contribution >= 0.6 is 0 Å². The lowest BCUT2D eigenvalue weighted by molar-refractivity contribution is -0.155.